The van der Waals surface area contributed by atoms with Gasteiger partial charge in [-0.3, -0.25) is 4.79 Å². The molecule has 0 atom stereocenters. The number of benzene rings is 1. The van der Waals surface area contributed by atoms with Crippen LogP contribution in [0.5, 0.6) is 0 Å². The van der Waals surface area contributed by atoms with Gasteiger partial charge in [0.15, 0.2) is 0 Å². The molecule has 2 fully saturated rings. The second-order valence-electron chi connectivity index (χ2n) is 7.99. The maximum Gasteiger partial charge on any atom is 0.246 e. The number of hydrogen-bond donors (Lipinski definition) is 1. The Morgan fingerprint density at radius 2 is 1.77 bits per heavy atom. The summed E-state index contributed by atoms with van der Waals surface area (Å²) in [6, 6.07) is 7.58. The van der Waals surface area contributed by atoms with Crippen LogP contribution in [0, 0.1) is 6.92 Å². The smallest absolute Gasteiger partial charge is 0.246 e. The highest BCUT2D eigenvalue weighted by atomic mass is 32.2. The van der Waals surface area contributed by atoms with Gasteiger partial charge >= 0.3 is 0 Å². The van der Waals surface area contributed by atoms with Crippen LogP contribution < -0.4 is 0 Å². The highest BCUT2D eigenvalue weighted by molar-refractivity contribution is 7.88. The molecular formula is C20H29NO4S. The van der Waals surface area contributed by atoms with Gasteiger partial charge in [-0.05, 0) is 51.0 Å². The number of carbonyl (C=O) groups is 1. The normalized spacial score (nSPS) is 25.8. The number of sulfonamides is 1. The van der Waals surface area contributed by atoms with E-state index in [2.05, 4.69) is 0 Å². The fourth-order valence-electron chi connectivity index (χ4n) is 4.64. The van der Waals surface area contributed by atoms with Crippen molar-refractivity contribution in [3.63, 3.8) is 0 Å². The molecule has 1 N–H and O–H groups in total. The fourth-order valence-corrected chi connectivity index (χ4v) is 5.87. The topological polar surface area (TPSA) is 74.7 Å². The minimum atomic E-state index is -3.67. The first-order valence-corrected chi connectivity index (χ1v) is 11.4. The van der Waals surface area contributed by atoms with Gasteiger partial charge in [-0.15, -0.1) is 0 Å². The lowest BCUT2D eigenvalue weighted by Crippen LogP contribution is -2.53. The van der Waals surface area contributed by atoms with Crippen molar-refractivity contribution in [2.24, 2.45) is 0 Å². The Morgan fingerprint density at radius 3 is 2.31 bits per heavy atom. The summed E-state index contributed by atoms with van der Waals surface area (Å²) in [4.78, 5) is 13.7. The van der Waals surface area contributed by atoms with E-state index in [0.717, 1.165) is 34.5 Å². The monoisotopic (exact) mass is 379 g/mol. The van der Waals surface area contributed by atoms with Crippen molar-refractivity contribution in [3.8, 4) is 0 Å². The highest BCUT2D eigenvalue weighted by Gasteiger charge is 2.49. The summed E-state index contributed by atoms with van der Waals surface area (Å²) in [6.07, 6.45) is 6.14. The molecule has 0 spiro atoms. The zero-order chi connectivity index (χ0) is 18.9. The SMILES string of the molecule is Cc1cccc(C2(C(=O)N(C3CCC(O)CC3)S(C)(=O)=O)CCCC2)c1. The van der Waals surface area contributed by atoms with E-state index in [4.69, 9.17) is 0 Å². The Bertz CT molecular complexity index is 760. The largest absolute Gasteiger partial charge is 0.393 e. The molecule has 2 aliphatic rings. The number of rotatable bonds is 4. The molecule has 2 aliphatic carbocycles. The first-order chi connectivity index (χ1) is 12.2. The summed E-state index contributed by atoms with van der Waals surface area (Å²) in [5, 5.41) is 9.77. The molecule has 3 rings (SSSR count). The van der Waals surface area contributed by atoms with E-state index in [0.29, 0.717) is 38.5 Å². The molecule has 6 heteroatoms. The minimum Gasteiger partial charge on any atom is -0.393 e. The quantitative estimate of drug-likeness (QED) is 0.873. The average Bonchev–Trinajstić information content (AvgIpc) is 3.06. The molecule has 1 aromatic rings. The first kappa shape index (κ1) is 19.4. The van der Waals surface area contributed by atoms with E-state index in [-0.39, 0.29) is 18.1 Å². The third-order valence-corrected chi connectivity index (χ3v) is 7.17. The number of nitrogens with zero attached hydrogens (tertiary/aromatic N) is 1. The Morgan fingerprint density at radius 1 is 1.15 bits per heavy atom. The molecule has 0 aromatic heterocycles. The Labute approximate surface area is 156 Å². The van der Waals surface area contributed by atoms with Gasteiger partial charge in [0, 0.05) is 6.04 Å². The summed E-state index contributed by atoms with van der Waals surface area (Å²) >= 11 is 0. The van der Waals surface area contributed by atoms with Crippen molar-refractivity contribution in [3.05, 3.63) is 35.4 Å². The molecule has 0 saturated heterocycles. The average molecular weight is 380 g/mol. The lowest BCUT2D eigenvalue weighted by molar-refractivity contribution is -0.134. The van der Waals surface area contributed by atoms with Crippen molar-refractivity contribution >= 4 is 15.9 Å². The third-order valence-electron chi connectivity index (χ3n) is 5.99. The first-order valence-electron chi connectivity index (χ1n) is 9.53. The summed E-state index contributed by atoms with van der Waals surface area (Å²) < 4.78 is 26.3. The van der Waals surface area contributed by atoms with Crippen molar-refractivity contribution < 1.29 is 18.3 Å². The van der Waals surface area contributed by atoms with Crippen LogP contribution in [0.3, 0.4) is 0 Å². The van der Waals surface area contributed by atoms with Crippen LogP contribution in [0.15, 0.2) is 24.3 Å². The van der Waals surface area contributed by atoms with Crippen LogP contribution in [0.2, 0.25) is 0 Å². The van der Waals surface area contributed by atoms with Crippen molar-refractivity contribution in [2.45, 2.75) is 75.9 Å². The lowest BCUT2D eigenvalue weighted by atomic mass is 9.77. The summed E-state index contributed by atoms with van der Waals surface area (Å²) in [6.45, 7) is 1.99. The maximum absolute atomic E-state index is 13.7. The standard InChI is InChI=1S/C20H29NO4S/c1-15-6-5-7-16(14-15)20(12-3-4-13-20)19(23)21(26(2,24)25)17-8-10-18(22)11-9-17/h5-7,14,17-18,22H,3-4,8-13H2,1-2H3. The molecule has 1 aromatic carbocycles. The van der Waals surface area contributed by atoms with Gasteiger partial charge in [-0.25, -0.2) is 12.7 Å². The number of aliphatic hydroxyl groups is 1. The predicted octanol–water partition coefficient (Wildman–Crippen LogP) is 2.90. The molecule has 0 aliphatic heterocycles. The molecular weight excluding hydrogens is 350 g/mol. The van der Waals surface area contributed by atoms with Crippen LogP contribution in [-0.4, -0.2) is 42.1 Å². The number of carbonyl (C=O) groups excluding carboxylic acids is 1. The highest BCUT2D eigenvalue weighted by Crippen LogP contribution is 2.44. The van der Waals surface area contributed by atoms with Crippen molar-refractivity contribution in [1.82, 2.24) is 4.31 Å². The zero-order valence-electron chi connectivity index (χ0n) is 15.6. The summed E-state index contributed by atoms with van der Waals surface area (Å²) in [7, 11) is -3.67. The molecule has 1 amide bonds. The van der Waals surface area contributed by atoms with Gasteiger partial charge in [0.05, 0.1) is 17.8 Å². The van der Waals surface area contributed by atoms with Crippen LogP contribution in [0.1, 0.15) is 62.5 Å². The van der Waals surface area contributed by atoms with Crippen LogP contribution >= 0.6 is 0 Å². The van der Waals surface area contributed by atoms with Gasteiger partial charge < -0.3 is 5.11 Å². The zero-order valence-corrected chi connectivity index (χ0v) is 16.5. The fraction of sp³-hybridized carbons (Fsp3) is 0.650. The van der Waals surface area contributed by atoms with Gasteiger partial charge in [0.25, 0.3) is 0 Å². The number of aliphatic hydroxyl groups excluding tert-OH is 1. The van der Waals surface area contributed by atoms with Crippen molar-refractivity contribution in [1.29, 1.82) is 0 Å². The van der Waals surface area contributed by atoms with E-state index >= 15 is 0 Å². The molecule has 2 saturated carbocycles. The van der Waals surface area contributed by atoms with Crippen LogP contribution in [-0.2, 0) is 20.2 Å². The molecule has 0 bridgehead atoms. The molecule has 0 radical (unpaired) electrons. The Balaban J connectivity index is 2.01. The summed E-state index contributed by atoms with van der Waals surface area (Å²) in [5.41, 5.74) is 1.27. The molecule has 0 unspecified atom stereocenters. The van der Waals surface area contributed by atoms with Gasteiger partial charge in [-0.2, -0.15) is 0 Å². The second-order valence-corrected chi connectivity index (χ2v) is 9.84. The van der Waals surface area contributed by atoms with Crippen LogP contribution in [0.4, 0.5) is 0 Å². The van der Waals surface area contributed by atoms with Crippen LogP contribution in [0.25, 0.3) is 0 Å². The third kappa shape index (κ3) is 3.67. The number of aryl methyl sites for hydroxylation is 1. The molecule has 5 nitrogen and oxygen atoms in total. The van der Waals surface area contributed by atoms with E-state index in [9.17, 15) is 18.3 Å². The van der Waals surface area contributed by atoms with E-state index in [1.807, 2.05) is 31.2 Å². The van der Waals surface area contributed by atoms with Gasteiger partial charge in [0.2, 0.25) is 15.9 Å². The van der Waals surface area contributed by atoms with E-state index < -0.39 is 15.4 Å². The molecule has 26 heavy (non-hydrogen) atoms. The predicted molar refractivity (Wildman–Crippen MR) is 101 cm³/mol. The second kappa shape index (κ2) is 7.31. The van der Waals surface area contributed by atoms with E-state index in [1.54, 1.807) is 0 Å². The Kier molecular flexibility index (Phi) is 5.45. The van der Waals surface area contributed by atoms with Gasteiger partial charge in [0.1, 0.15) is 0 Å². The maximum atomic E-state index is 13.7. The van der Waals surface area contributed by atoms with Crippen molar-refractivity contribution in [2.75, 3.05) is 6.26 Å². The molecule has 144 valence electrons. The van der Waals surface area contributed by atoms with E-state index in [1.165, 1.54) is 0 Å². The molecule has 0 heterocycles. The minimum absolute atomic E-state index is 0.274. The number of amides is 1. The summed E-state index contributed by atoms with van der Waals surface area (Å²) in [5.74, 6) is -0.274. The lowest BCUT2D eigenvalue weighted by Gasteiger charge is -2.39. The number of hydrogen-bond acceptors (Lipinski definition) is 4. The van der Waals surface area contributed by atoms with Gasteiger partial charge in [-0.1, -0.05) is 42.7 Å². The Hall–Kier alpha value is -1.40.